The summed E-state index contributed by atoms with van der Waals surface area (Å²) < 4.78 is 12.7. The lowest BCUT2D eigenvalue weighted by atomic mass is 9.94. The summed E-state index contributed by atoms with van der Waals surface area (Å²) in [4.78, 5) is 45.6. The Bertz CT molecular complexity index is 1280. The number of fused-ring (bicyclic) bond motifs is 3. The molecule has 0 unspecified atom stereocenters. The Morgan fingerprint density at radius 3 is 2.58 bits per heavy atom. The number of aromatic nitrogens is 1. The van der Waals surface area contributed by atoms with Gasteiger partial charge in [0.05, 0.1) is 17.2 Å². The van der Waals surface area contributed by atoms with Crippen LogP contribution in [0.1, 0.15) is 83.2 Å². The molecule has 250 valence electrons. The molecular weight excluding hydrogens is 607 g/mol. The number of amides is 2. The summed E-state index contributed by atoms with van der Waals surface area (Å²) in [6, 6.07) is -0.689. The molecule has 5 atom stereocenters. The first kappa shape index (κ1) is 36.9. The number of carbonyl (C=O) groups is 3. The Balaban J connectivity index is 1.92. The van der Waals surface area contributed by atoms with Gasteiger partial charge in [0, 0.05) is 37.2 Å². The molecule has 1 fully saturated rings. The first-order chi connectivity index (χ1) is 21.0. The largest absolute Gasteiger partial charge is 0.460 e. The Labute approximate surface area is 274 Å². The zero-order valence-corrected chi connectivity index (χ0v) is 30.3. The van der Waals surface area contributed by atoms with Crippen molar-refractivity contribution < 1.29 is 28.7 Å². The summed E-state index contributed by atoms with van der Waals surface area (Å²) in [5, 5.41) is 16.4. The number of aliphatic hydroxyl groups is 1. The third-order valence-corrected chi connectivity index (χ3v) is 14.3. The van der Waals surface area contributed by atoms with Crippen molar-refractivity contribution in [3.05, 3.63) is 52.0 Å². The van der Waals surface area contributed by atoms with Gasteiger partial charge in [0.15, 0.2) is 8.32 Å². The molecule has 0 aliphatic carbocycles. The van der Waals surface area contributed by atoms with Crippen LogP contribution in [0, 0.1) is 11.8 Å². The second kappa shape index (κ2) is 15.8. The van der Waals surface area contributed by atoms with Crippen molar-refractivity contribution in [3.63, 3.8) is 0 Å². The predicted octanol–water partition coefficient (Wildman–Crippen LogP) is 5.82. The van der Waals surface area contributed by atoms with Crippen molar-refractivity contribution in [2.45, 2.75) is 117 Å². The van der Waals surface area contributed by atoms with Crippen molar-refractivity contribution in [2.24, 2.45) is 11.8 Å². The van der Waals surface area contributed by atoms with Crippen molar-refractivity contribution in [1.29, 1.82) is 0 Å². The topological polar surface area (TPSA) is 118 Å². The highest BCUT2D eigenvalue weighted by molar-refractivity contribution is 7.09. The number of nitrogens with zero attached hydrogens (tertiary/aromatic N) is 2. The number of aliphatic hydroxyl groups excluding tert-OH is 1. The van der Waals surface area contributed by atoms with E-state index in [0.29, 0.717) is 37.4 Å². The van der Waals surface area contributed by atoms with E-state index >= 15 is 0 Å². The van der Waals surface area contributed by atoms with E-state index in [1.165, 1.54) is 17.4 Å². The lowest BCUT2D eigenvalue weighted by molar-refractivity contribution is -0.158. The van der Waals surface area contributed by atoms with E-state index in [9.17, 15) is 19.5 Å². The number of nitrogens with one attached hydrogen (secondary N) is 1. The molecule has 2 aliphatic rings. The molecule has 0 saturated carbocycles. The summed E-state index contributed by atoms with van der Waals surface area (Å²) in [7, 11) is -2.16. The molecule has 1 aromatic rings. The number of cyclic esters (lactones) is 1. The molecule has 3 heterocycles. The van der Waals surface area contributed by atoms with Crippen LogP contribution < -0.4 is 5.32 Å². The maximum Gasteiger partial charge on any atom is 0.329 e. The smallest absolute Gasteiger partial charge is 0.329 e. The molecule has 45 heavy (non-hydrogen) atoms. The van der Waals surface area contributed by atoms with E-state index in [1.54, 1.807) is 16.4 Å². The lowest BCUT2D eigenvalue weighted by Gasteiger charge is -2.39. The third-order valence-electron chi connectivity index (χ3n) is 8.93. The Morgan fingerprint density at radius 2 is 1.91 bits per heavy atom. The summed E-state index contributed by atoms with van der Waals surface area (Å²) in [6.45, 7) is 19.6. The molecule has 2 N–H and O–H groups in total. The van der Waals surface area contributed by atoms with Crippen molar-refractivity contribution in [2.75, 3.05) is 13.1 Å². The van der Waals surface area contributed by atoms with Crippen LogP contribution in [0.2, 0.25) is 18.1 Å². The second-order valence-corrected chi connectivity index (χ2v) is 19.9. The van der Waals surface area contributed by atoms with Gasteiger partial charge in [-0.1, -0.05) is 71.4 Å². The van der Waals surface area contributed by atoms with E-state index in [2.05, 4.69) is 44.2 Å². The van der Waals surface area contributed by atoms with Crippen LogP contribution in [-0.2, 0) is 25.2 Å². The van der Waals surface area contributed by atoms with Gasteiger partial charge in [-0.2, -0.15) is 0 Å². The number of hydrogen-bond donors (Lipinski definition) is 2. The average molecular weight is 660 g/mol. The van der Waals surface area contributed by atoms with Crippen LogP contribution in [0.25, 0.3) is 0 Å². The van der Waals surface area contributed by atoms with E-state index in [0.717, 1.165) is 5.57 Å². The van der Waals surface area contributed by atoms with Crippen LogP contribution in [0.4, 0.5) is 0 Å². The highest BCUT2D eigenvalue weighted by atomic mass is 32.1. The number of hydrogen-bond acceptors (Lipinski definition) is 8. The van der Waals surface area contributed by atoms with Gasteiger partial charge >= 0.3 is 5.97 Å². The number of thiazole rings is 1. The molecule has 2 bridgehead atoms. The molecule has 0 radical (unpaired) electrons. The molecule has 1 saturated heterocycles. The van der Waals surface area contributed by atoms with E-state index < -0.39 is 32.5 Å². The van der Waals surface area contributed by atoms with Crippen LogP contribution in [0.5, 0.6) is 0 Å². The summed E-state index contributed by atoms with van der Waals surface area (Å²) in [5.74, 6) is -1.18. The van der Waals surface area contributed by atoms with Crippen LogP contribution in [0.3, 0.4) is 0 Å². The van der Waals surface area contributed by atoms with Gasteiger partial charge in [0.1, 0.15) is 17.8 Å². The maximum absolute atomic E-state index is 13.5. The van der Waals surface area contributed by atoms with Gasteiger partial charge in [0.2, 0.25) is 5.91 Å². The lowest BCUT2D eigenvalue weighted by Crippen LogP contribution is -2.44. The molecule has 9 nitrogen and oxygen atoms in total. The normalized spacial score (nSPS) is 29.4. The molecular formula is C34H53N3O6SSi. The predicted molar refractivity (Wildman–Crippen MR) is 181 cm³/mol. The first-order valence-electron chi connectivity index (χ1n) is 16.1. The van der Waals surface area contributed by atoms with Crippen molar-refractivity contribution >= 4 is 37.4 Å². The molecule has 2 amide bonds. The van der Waals surface area contributed by atoms with Crippen molar-refractivity contribution in [1.82, 2.24) is 15.2 Å². The van der Waals surface area contributed by atoms with Crippen LogP contribution >= 0.6 is 11.3 Å². The Morgan fingerprint density at radius 1 is 1.20 bits per heavy atom. The third kappa shape index (κ3) is 10.5. The van der Waals surface area contributed by atoms with E-state index in [4.69, 9.17) is 9.16 Å². The maximum atomic E-state index is 13.5. The van der Waals surface area contributed by atoms with Gasteiger partial charge in [-0.3, -0.25) is 9.59 Å². The van der Waals surface area contributed by atoms with Gasteiger partial charge in [-0.15, -0.1) is 11.3 Å². The van der Waals surface area contributed by atoms with Gasteiger partial charge in [0.25, 0.3) is 5.91 Å². The SMILES string of the molecule is CC1=C\[C@@H](O[Si](C)(C)C(C)(C)C)C[C@@H](O)Cc2nc(cs2)C(=O)N2CCC[C@@H]2C(=O)O[C@H](C(C)C)[C@H](C)/C=C/C(=O)NC\C=C\1. The van der Waals surface area contributed by atoms with E-state index in [-0.39, 0.29) is 46.9 Å². The molecule has 0 aromatic carbocycles. The minimum Gasteiger partial charge on any atom is -0.460 e. The summed E-state index contributed by atoms with van der Waals surface area (Å²) in [6.07, 6.45) is 9.47. The summed E-state index contributed by atoms with van der Waals surface area (Å²) >= 11 is 1.34. The van der Waals surface area contributed by atoms with Crippen LogP contribution in [-0.4, -0.2) is 78.5 Å². The minimum atomic E-state index is -2.16. The molecule has 1 aromatic heterocycles. The monoisotopic (exact) mass is 659 g/mol. The van der Waals surface area contributed by atoms with Gasteiger partial charge in [-0.25, -0.2) is 9.78 Å². The average Bonchev–Trinajstić information content (AvgIpc) is 3.61. The zero-order chi connectivity index (χ0) is 33.5. The quantitative estimate of drug-likeness (QED) is 0.310. The number of carbonyl (C=O) groups excluding carboxylic acids is 3. The standard InChI is InChI=1S/C34H53N3O6SSi/c1-22(2)31-24(4)14-15-29(39)35-16-10-12-23(3)18-26(43-45(8,9)34(5,6)7)19-25(38)20-30-36-27(21-44-30)32(40)37-17-11-13-28(37)33(41)42-31/h10,12,14-15,18,21-22,24-26,28,31,38H,11,13,16-17,19-20H2,1-9H3,(H,35,39)/b12-10+,15-14+,23-18+/t24-,25-,26-,28-,31-/m1/s1. The number of rotatable bonds is 3. The zero-order valence-electron chi connectivity index (χ0n) is 28.5. The first-order valence-corrected chi connectivity index (χ1v) is 19.9. The molecule has 0 spiro atoms. The van der Waals surface area contributed by atoms with Gasteiger partial charge in [-0.05, 0) is 49.9 Å². The highest BCUT2D eigenvalue weighted by Gasteiger charge is 2.40. The van der Waals surface area contributed by atoms with Crippen LogP contribution in [0.15, 0.2) is 41.3 Å². The minimum absolute atomic E-state index is 0.00589. The number of ether oxygens (including phenoxy) is 1. The Hall–Kier alpha value is -2.60. The number of esters is 1. The Kier molecular flexibility index (Phi) is 12.9. The molecule has 11 heteroatoms. The fraction of sp³-hybridized carbons (Fsp3) is 0.647. The van der Waals surface area contributed by atoms with Gasteiger partial charge < -0.3 is 24.5 Å². The summed E-state index contributed by atoms with van der Waals surface area (Å²) in [5.41, 5.74) is 1.24. The molecule has 3 rings (SSSR count). The fourth-order valence-electron chi connectivity index (χ4n) is 5.39. The molecule has 2 aliphatic heterocycles. The fourth-order valence-corrected chi connectivity index (χ4v) is 7.50. The second-order valence-electron chi connectivity index (χ2n) is 14.2. The van der Waals surface area contributed by atoms with E-state index in [1.807, 2.05) is 45.9 Å². The van der Waals surface area contributed by atoms with Crippen molar-refractivity contribution in [3.8, 4) is 0 Å². The highest BCUT2D eigenvalue weighted by Crippen LogP contribution is 2.38. The number of allylic oxidation sites excluding steroid dienone is 2.